The molecule has 6 nitrogen and oxygen atoms in total. The van der Waals surface area contributed by atoms with E-state index in [4.69, 9.17) is 19.2 Å². The number of hydrogen-bond donors (Lipinski definition) is 0. The Bertz CT molecular complexity index is 995. The second-order valence-electron chi connectivity index (χ2n) is 11.8. The highest BCUT2D eigenvalue weighted by molar-refractivity contribution is 5.75. The van der Waals surface area contributed by atoms with Crippen LogP contribution in [0.3, 0.4) is 0 Å². The fraction of sp³-hybridized carbons (Fsp3) is 0.676. The summed E-state index contributed by atoms with van der Waals surface area (Å²) in [6.07, 6.45) is 20.7. The average molecular weight is 551 g/mol. The number of carbonyl (C=O) groups excluding carboxylic acids is 1. The first-order valence-corrected chi connectivity index (χ1v) is 16.0. The average Bonchev–Trinajstić information content (AvgIpc) is 3.00. The molecular formula is C34H50N2O4. The third kappa shape index (κ3) is 9.66. The topological polar surface area (TPSA) is 70.5 Å². The molecule has 0 N–H and O–H groups in total. The molecule has 2 aromatic rings. The Labute approximate surface area is 241 Å². The van der Waals surface area contributed by atoms with Gasteiger partial charge in [0.2, 0.25) is 0 Å². The van der Waals surface area contributed by atoms with Crippen LogP contribution < -0.4 is 4.74 Å². The van der Waals surface area contributed by atoms with Crippen molar-refractivity contribution in [1.29, 1.82) is 0 Å². The van der Waals surface area contributed by atoms with Crippen LogP contribution in [0.2, 0.25) is 0 Å². The summed E-state index contributed by atoms with van der Waals surface area (Å²) in [4.78, 5) is 22.1. The van der Waals surface area contributed by atoms with Crippen molar-refractivity contribution in [3.8, 4) is 17.1 Å². The summed E-state index contributed by atoms with van der Waals surface area (Å²) >= 11 is 0. The van der Waals surface area contributed by atoms with Gasteiger partial charge in [0.25, 0.3) is 0 Å². The molecule has 1 aromatic carbocycles. The molecule has 1 saturated heterocycles. The van der Waals surface area contributed by atoms with Crippen LogP contribution in [0.5, 0.6) is 5.75 Å². The maximum atomic E-state index is 12.6. The number of aromatic nitrogens is 2. The minimum atomic E-state index is -0.400. The summed E-state index contributed by atoms with van der Waals surface area (Å²) in [5, 5.41) is 0. The van der Waals surface area contributed by atoms with E-state index in [9.17, 15) is 4.79 Å². The molecule has 2 aliphatic rings. The quantitative estimate of drug-likeness (QED) is 0.126. The van der Waals surface area contributed by atoms with Crippen LogP contribution in [0.15, 0.2) is 36.5 Å². The van der Waals surface area contributed by atoms with Crippen LogP contribution in [-0.2, 0) is 14.3 Å². The molecule has 0 radical (unpaired) electrons. The van der Waals surface area contributed by atoms with E-state index in [1.807, 2.05) is 30.5 Å². The lowest BCUT2D eigenvalue weighted by molar-refractivity contribution is -0.208. The van der Waals surface area contributed by atoms with E-state index < -0.39 is 5.92 Å². The molecule has 0 bridgehead atoms. The zero-order chi connectivity index (χ0) is 28.0. The molecule has 1 aliphatic carbocycles. The van der Waals surface area contributed by atoms with Crippen molar-refractivity contribution in [2.45, 2.75) is 122 Å². The first-order valence-electron chi connectivity index (χ1n) is 16.0. The lowest BCUT2D eigenvalue weighted by Crippen LogP contribution is -2.38. The van der Waals surface area contributed by atoms with Crippen molar-refractivity contribution in [3.63, 3.8) is 0 Å². The zero-order valence-electron chi connectivity index (χ0n) is 24.8. The van der Waals surface area contributed by atoms with Crippen LogP contribution in [0, 0.1) is 11.8 Å². The number of unbranched alkanes of at least 4 members (excludes halogenated alkanes) is 7. The van der Waals surface area contributed by atoms with Gasteiger partial charge in [0.15, 0.2) is 12.1 Å². The lowest BCUT2D eigenvalue weighted by atomic mass is 9.78. The molecule has 40 heavy (non-hydrogen) atoms. The third-order valence-corrected chi connectivity index (χ3v) is 8.58. The summed E-state index contributed by atoms with van der Waals surface area (Å²) in [7, 11) is 0. The molecule has 1 aliphatic heterocycles. The predicted molar refractivity (Wildman–Crippen MR) is 159 cm³/mol. The summed E-state index contributed by atoms with van der Waals surface area (Å²) in [6, 6.07) is 9.57. The molecular weight excluding hydrogens is 500 g/mol. The molecule has 1 aromatic heterocycles. The third-order valence-electron chi connectivity index (χ3n) is 8.58. The predicted octanol–water partition coefficient (Wildman–Crippen LogP) is 8.64. The highest BCUT2D eigenvalue weighted by Crippen LogP contribution is 2.37. The Hall–Kier alpha value is -2.31. The molecule has 2 heterocycles. The van der Waals surface area contributed by atoms with Gasteiger partial charge >= 0.3 is 5.97 Å². The SMILES string of the molecule is CCCCCCCC[C@H]1CC[C@H](c2ccnc(-c3ccc(OC(=O)[C@H]4CO[C@H](CCCCC)OC4)cc3)n2)CC1. The van der Waals surface area contributed by atoms with Crippen molar-refractivity contribution in [2.75, 3.05) is 13.2 Å². The summed E-state index contributed by atoms with van der Waals surface area (Å²) in [5.41, 5.74) is 2.08. The molecule has 220 valence electrons. The Morgan fingerprint density at radius 1 is 0.825 bits per heavy atom. The van der Waals surface area contributed by atoms with Crippen molar-refractivity contribution >= 4 is 5.97 Å². The van der Waals surface area contributed by atoms with Crippen LogP contribution in [0.4, 0.5) is 0 Å². The van der Waals surface area contributed by atoms with Crippen LogP contribution in [-0.4, -0.2) is 35.4 Å². The van der Waals surface area contributed by atoms with Crippen molar-refractivity contribution in [2.24, 2.45) is 11.8 Å². The van der Waals surface area contributed by atoms with E-state index in [0.717, 1.165) is 35.8 Å². The molecule has 0 atom stereocenters. The summed E-state index contributed by atoms with van der Waals surface area (Å²) in [5.74, 6) is 1.94. The van der Waals surface area contributed by atoms with E-state index in [2.05, 4.69) is 24.9 Å². The summed E-state index contributed by atoms with van der Waals surface area (Å²) < 4.78 is 17.1. The first kappa shape index (κ1) is 30.6. The molecule has 6 heteroatoms. The van der Waals surface area contributed by atoms with Crippen LogP contribution >= 0.6 is 0 Å². The van der Waals surface area contributed by atoms with Gasteiger partial charge in [0, 0.05) is 23.4 Å². The van der Waals surface area contributed by atoms with Gasteiger partial charge in [-0.25, -0.2) is 9.97 Å². The van der Waals surface area contributed by atoms with Gasteiger partial charge in [-0.3, -0.25) is 4.79 Å². The number of esters is 1. The number of carbonyl (C=O) groups is 1. The minimum Gasteiger partial charge on any atom is -0.426 e. The van der Waals surface area contributed by atoms with Gasteiger partial charge in [0.05, 0.1) is 13.2 Å². The Kier molecular flexibility index (Phi) is 12.9. The largest absolute Gasteiger partial charge is 0.426 e. The fourth-order valence-corrected chi connectivity index (χ4v) is 5.98. The van der Waals surface area contributed by atoms with Gasteiger partial charge in [-0.2, -0.15) is 0 Å². The number of ether oxygens (including phenoxy) is 3. The lowest BCUT2D eigenvalue weighted by Gasteiger charge is -2.28. The molecule has 0 amide bonds. The number of benzene rings is 1. The van der Waals surface area contributed by atoms with E-state index in [-0.39, 0.29) is 12.3 Å². The minimum absolute atomic E-state index is 0.203. The second-order valence-corrected chi connectivity index (χ2v) is 11.8. The molecule has 1 saturated carbocycles. The van der Waals surface area contributed by atoms with Gasteiger partial charge in [-0.05, 0) is 74.8 Å². The van der Waals surface area contributed by atoms with Crippen molar-refractivity contribution < 1.29 is 19.0 Å². The van der Waals surface area contributed by atoms with Crippen LogP contribution in [0.25, 0.3) is 11.4 Å². The Morgan fingerprint density at radius 3 is 2.20 bits per heavy atom. The van der Waals surface area contributed by atoms with E-state index in [1.165, 1.54) is 83.5 Å². The first-order chi connectivity index (χ1) is 19.7. The van der Waals surface area contributed by atoms with E-state index >= 15 is 0 Å². The van der Waals surface area contributed by atoms with Crippen molar-refractivity contribution in [1.82, 2.24) is 9.97 Å². The van der Waals surface area contributed by atoms with Gasteiger partial charge in [-0.15, -0.1) is 0 Å². The highest BCUT2D eigenvalue weighted by atomic mass is 16.7. The number of rotatable bonds is 15. The standard InChI is InChI=1S/C34H50N2O4/c1-3-5-7-8-9-11-12-26-14-16-27(17-15-26)31-22-23-35-33(36-31)28-18-20-30(21-19-28)40-34(37)29-24-38-32(39-25-29)13-10-6-4-2/h18-23,26-27,29,32H,3-17,24-25H2,1-2H3/t26-,27-,29-,32-. The molecule has 0 unspecified atom stereocenters. The molecule has 2 fully saturated rings. The van der Waals surface area contributed by atoms with E-state index in [1.54, 1.807) is 0 Å². The highest BCUT2D eigenvalue weighted by Gasteiger charge is 2.29. The van der Waals surface area contributed by atoms with Crippen molar-refractivity contribution in [3.05, 3.63) is 42.2 Å². The monoisotopic (exact) mass is 550 g/mol. The maximum Gasteiger partial charge on any atom is 0.319 e. The Balaban J connectivity index is 1.21. The van der Waals surface area contributed by atoms with Gasteiger partial charge in [-0.1, -0.05) is 71.6 Å². The fourth-order valence-electron chi connectivity index (χ4n) is 5.98. The number of hydrogen-bond acceptors (Lipinski definition) is 6. The zero-order valence-corrected chi connectivity index (χ0v) is 24.8. The van der Waals surface area contributed by atoms with E-state index in [0.29, 0.717) is 24.9 Å². The second kappa shape index (κ2) is 16.8. The Morgan fingerprint density at radius 2 is 1.48 bits per heavy atom. The number of nitrogens with zero attached hydrogens (tertiary/aromatic N) is 2. The summed E-state index contributed by atoms with van der Waals surface area (Å²) in [6.45, 7) is 5.14. The van der Waals surface area contributed by atoms with Crippen LogP contribution in [0.1, 0.15) is 122 Å². The van der Waals surface area contributed by atoms with Gasteiger partial charge < -0.3 is 14.2 Å². The smallest absolute Gasteiger partial charge is 0.319 e. The van der Waals surface area contributed by atoms with Gasteiger partial charge in [0.1, 0.15) is 11.7 Å². The maximum absolute atomic E-state index is 12.6. The normalized spacial score (nSPS) is 23.1. The molecule has 0 spiro atoms. The molecule has 4 rings (SSSR count).